The number of alkyl halides is 2. The number of aliphatic hydroxyl groups excluding tert-OH is 1. The molecule has 1 N–H and O–H groups in total. The summed E-state index contributed by atoms with van der Waals surface area (Å²) in [5, 5.41) is 9.22. The van der Waals surface area contributed by atoms with Crippen LogP contribution in [0.5, 0.6) is 0 Å². The number of nitrogens with zero attached hydrogens (tertiary/aromatic N) is 1. The van der Waals surface area contributed by atoms with Crippen molar-refractivity contribution >= 4 is 0 Å². The lowest BCUT2D eigenvalue weighted by Gasteiger charge is -2.38. The molecule has 2 rings (SSSR count). The van der Waals surface area contributed by atoms with Crippen molar-refractivity contribution in [3.8, 4) is 0 Å². The van der Waals surface area contributed by atoms with Gasteiger partial charge in [0.05, 0.1) is 6.61 Å². The van der Waals surface area contributed by atoms with E-state index in [1.54, 1.807) is 0 Å². The Bertz CT molecular complexity index is 227. The van der Waals surface area contributed by atoms with E-state index in [1.165, 1.54) is 0 Å². The fraction of sp³-hybridized carbons (Fsp3) is 1.00. The monoisotopic (exact) mass is 219 g/mol. The molecule has 88 valence electrons. The van der Waals surface area contributed by atoms with E-state index >= 15 is 0 Å². The average Bonchev–Trinajstić information content (AvgIpc) is 2.44. The van der Waals surface area contributed by atoms with Crippen LogP contribution in [0.4, 0.5) is 8.78 Å². The number of hydrogen-bond donors (Lipinski definition) is 1. The number of halogens is 2. The molecular weight excluding hydrogens is 200 g/mol. The Kier molecular flexibility index (Phi) is 2.99. The minimum absolute atomic E-state index is 0.0377. The molecule has 2 aliphatic rings. The SMILES string of the molecule is C[C@@H]1CCN(CC2CC(F)(F)C2)[C@H]1CO. The number of likely N-dealkylation sites (tertiary alicyclic amines) is 1. The van der Waals surface area contributed by atoms with Gasteiger partial charge in [-0.3, -0.25) is 4.90 Å². The van der Waals surface area contributed by atoms with Gasteiger partial charge in [-0.25, -0.2) is 8.78 Å². The highest BCUT2D eigenvalue weighted by atomic mass is 19.3. The summed E-state index contributed by atoms with van der Waals surface area (Å²) in [5.41, 5.74) is 0. The Morgan fingerprint density at radius 1 is 1.40 bits per heavy atom. The van der Waals surface area contributed by atoms with E-state index in [0.29, 0.717) is 5.92 Å². The second-order valence-corrected chi connectivity index (χ2v) is 5.14. The first-order chi connectivity index (χ1) is 7.02. The van der Waals surface area contributed by atoms with E-state index in [1.807, 2.05) is 0 Å². The molecular formula is C11H19F2NO. The standard InChI is InChI=1S/C11H19F2NO/c1-8-2-3-14(10(8)7-15)6-9-4-11(12,13)5-9/h8-10,15H,2-7H2,1H3/t8-,10+/m1/s1. The normalized spacial score (nSPS) is 36.8. The third kappa shape index (κ3) is 2.31. The highest BCUT2D eigenvalue weighted by Gasteiger charge is 2.46. The molecule has 2 fully saturated rings. The second kappa shape index (κ2) is 3.98. The van der Waals surface area contributed by atoms with Gasteiger partial charge in [0.25, 0.3) is 0 Å². The molecule has 1 heterocycles. The average molecular weight is 219 g/mol. The molecule has 2 atom stereocenters. The lowest BCUT2D eigenvalue weighted by atomic mass is 9.81. The summed E-state index contributed by atoms with van der Waals surface area (Å²) in [6.07, 6.45) is 1.15. The van der Waals surface area contributed by atoms with E-state index in [4.69, 9.17) is 0 Å². The van der Waals surface area contributed by atoms with Crippen LogP contribution in [-0.4, -0.2) is 41.7 Å². The molecule has 4 heteroatoms. The lowest BCUT2D eigenvalue weighted by Crippen LogP contribution is -2.45. The van der Waals surface area contributed by atoms with E-state index in [0.717, 1.165) is 19.5 Å². The van der Waals surface area contributed by atoms with Crippen molar-refractivity contribution in [3.05, 3.63) is 0 Å². The van der Waals surface area contributed by atoms with Crippen LogP contribution in [0.2, 0.25) is 0 Å². The summed E-state index contributed by atoms with van der Waals surface area (Å²) in [7, 11) is 0. The second-order valence-electron chi connectivity index (χ2n) is 5.14. The van der Waals surface area contributed by atoms with Crippen LogP contribution in [0.1, 0.15) is 26.2 Å². The van der Waals surface area contributed by atoms with Gasteiger partial charge in [0.15, 0.2) is 0 Å². The predicted molar refractivity (Wildman–Crippen MR) is 53.9 cm³/mol. The van der Waals surface area contributed by atoms with Crippen molar-refractivity contribution < 1.29 is 13.9 Å². The van der Waals surface area contributed by atoms with Crippen LogP contribution < -0.4 is 0 Å². The molecule has 2 nitrogen and oxygen atoms in total. The number of rotatable bonds is 3. The first-order valence-electron chi connectivity index (χ1n) is 5.74. The predicted octanol–water partition coefficient (Wildman–Crippen LogP) is 1.73. The van der Waals surface area contributed by atoms with Crippen LogP contribution in [0.15, 0.2) is 0 Å². The van der Waals surface area contributed by atoms with Gasteiger partial charge in [-0.1, -0.05) is 6.92 Å². The molecule has 0 unspecified atom stereocenters. The van der Waals surface area contributed by atoms with Crippen molar-refractivity contribution in [3.63, 3.8) is 0 Å². The van der Waals surface area contributed by atoms with Crippen LogP contribution >= 0.6 is 0 Å². The smallest absolute Gasteiger partial charge is 0.248 e. The Morgan fingerprint density at radius 3 is 2.60 bits per heavy atom. The van der Waals surface area contributed by atoms with Crippen LogP contribution in [0.3, 0.4) is 0 Å². The zero-order valence-corrected chi connectivity index (χ0v) is 9.13. The quantitative estimate of drug-likeness (QED) is 0.781. The summed E-state index contributed by atoms with van der Waals surface area (Å²) < 4.78 is 25.3. The highest BCUT2D eigenvalue weighted by Crippen LogP contribution is 2.43. The molecule has 1 aliphatic carbocycles. The molecule has 0 spiro atoms. The highest BCUT2D eigenvalue weighted by molar-refractivity contribution is 4.92. The molecule has 0 aromatic heterocycles. The maximum atomic E-state index is 12.7. The summed E-state index contributed by atoms with van der Waals surface area (Å²) >= 11 is 0. The minimum atomic E-state index is -2.41. The lowest BCUT2D eigenvalue weighted by molar-refractivity contribution is -0.117. The third-order valence-corrected chi connectivity index (χ3v) is 3.85. The van der Waals surface area contributed by atoms with Gasteiger partial charge in [-0.2, -0.15) is 0 Å². The van der Waals surface area contributed by atoms with Gasteiger partial charge in [0.2, 0.25) is 5.92 Å². The summed E-state index contributed by atoms with van der Waals surface area (Å²) in [6, 6.07) is 0.194. The van der Waals surface area contributed by atoms with Crippen LogP contribution in [0.25, 0.3) is 0 Å². The first-order valence-corrected chi connectivity index (χ1v) is 5.74. The summed E-state index contributed by atoms with van der Waals surface area (Å²) in [5.74, 6) is -1.78. The molecule has 0 aromatic carbocycles. The van der Waals surface area contributed by atoms with Crippen molar-refractivity contribution in [1.29, 1.82) is 0 Å². The molecule has 0 bridgehead atoms. The molecule has 0 radical (unpaired) electrons. The van der Waals surface area contributed by atoms with Crippen LogP contribution in [0, 0.1) is 11.8 Å². The van der Waals surface area contributed by atoms with E-state index < -0.39 is 5.92 Å². The number of hydrogen-bond acceptors (Lipinski definition) is 2. The maximum absolute atomic E-state index is 12.7. The summed E-state index contributed by atoms with van der Waals surface area (Å²) in [6.45, 7) is 3.97. The molecule has 15 heavy (non-hydrogen) atoms. The van der Waals surface area contributed by atoms with E-state index in [-0.39, 0.29) is 31.4 Å². The fourth-order valence-electron chi connectivity index (χ4n) is 2.86. The zero-order valence-electron chi connectivity index (χ0n) is 9.13. The van der Waals surface area contributed by atoms with Crippen molar-refractivity contribution in [2.75, 3.05) is 19.7 Å². The van der Waals surface area contributed by atoms with Gasteiger partial charge < -0.3 is 5.11 Å². The number of aliphatic hydroxyl groups is 1. The molecule has 0 aromatic rings. The van der Waals surface area contributed by atoms with Gasteiger partial charge in [0, 0.05) is 25.4 Å². The van der Waals surface area contributed by atoms with E-state index in [9.17, 15) is 13.9 Å². The Labute approximate surface area is 89.3 Å². The fourth-order valence-corrected chi connectivity index (χ4v) is 2.86. The molecule has 1 saturated carbocycles. The van der Waals surface area contributed by atoms with Gasteiger partial charge in [0.1, 0.15) is 0 Å². The largest absolute Gasteiger partial charge is 0.395 e. The topological polar surface area (TPSA) is 23.5 Å². The van der Waals surface area contributed by atoms with E-state index in [2.05, 4.69) is 11.8 Å². The van der Waals surface area contributed by atoms with Crippen molar-refractivity contribution in [2.24, 2.45) is 11.8 Å². The van der Waals surface area contributed by atoms with Crippen molar-refractivity contribution in [1.82, 2.24) is 4.90 Å². The molecule has 0 amide bonds. The Morgan fingerprint density at radius 2 is 2.07 bits per heavy atom. The molecule has 1 saturated heterocycles. The van der Waals surface area contributed by atoms with Gasteiger partial charge in [-0.05, 0) is 24.8 Å². The first kappa shape index (κ1) is 11.3. The third-order valence-electron chi connectivity index (χ3n) is 3.85. The van der Waals surface area contributed by atoms with Crippen LogP contribution in [-0.2, 0) is 0 Å². The Balaban J connectivity index is 1.80. The van der Waals surface area contributed by atoms with Gasteiger partial charge in [-0.15, -0.1) is 0 Å². The van der Waals surface area contributed by atoms with Gasteiger partial charge >= 0.3 is 0 Å². The Hall–Kier alpha value is -0.220. The maximum Gasteiger partial charge on any atom is 0.248 e. The van der Waals surface area contributed by atoms with Crippen molar-refractivity contribution in [2.45, 2.75) is 38.2 Å². The minimum Gasteiger partial charge on any atom is -0.395 e. The molecule has 1 aliphatic heterocycles. The zero-order chi connectivity index (χ0) is 11.1. The summed E-state index contributed by atoms with van der Waals surface area (Å²) in [4.78, 5) is 2.19.